The zero-order valence-corrected chi connectivity index (χ0v) is 11.3. The zero-order chi connectivity index (χ0) is 12.1. The summed E-state index contributed by atoms with van der Waals surface area (Å²) in [5, 5.41) is 0. The molecular formula is C13H14BrN3. The first-order chi connectivity index (χ1) is 8.29. The van der Waals surface area contributed by atoms with Crippen molar-refractivity contribution < 1.29 is 0 Å². The van der Waals surface area contributed by atoms with Gasteiger partial charge in [-0.05, 0) is 47.1 Å². The number of rotatable bonds is 4. The minimum Gasteiger partial charge on any atom is -0.351 e. The van der Waals surface area contributed by atoms with Crippen LogP contribution in [0, 0.1) is 0 Å². The molecule has 88 valence electrons. The molecule has 0 aliphatic heterocycles. The van der Waals surface area contributed by atoms with Gasteiger partial charge in [0.15, 0.2) is 0 Å². The molecule has 3 nitrogen and oxygen atoms in total. The maximum atomic E-state index is 4.46. The molecule has 0 radical (unpaired) electrons. The van der Waals surface area contributed by atoms with Crippen LogP contribution in [0.3, 0.4) is 0 Å². The van der Waals surface area contributed by atoms with Gasteiger partial charge in [-0.3, -0.25) is 4.98 Å². The van der Waals surface area contributed by atoms with Gasteiger partial charge in [-0.25, -0.2) is 4.98 Å². The minimum absolute atomic E-state index is 0.779. The predicted molar refractivity (Wildman–Crippen MR) is 72.9 cm³/mol. The van der Waals surface area contributed by atoms with Crippen LogP contribution >= 0.6 is 15.9 Å². The fourth-order valence-corrected chi connectivity index (χ4v) is 1.95. The number of hydrogen-bond acceptors (Lipinski definition) is 3. The van der Waals surface area contributed by atoms with Crippen LogP contribution in [0.1, 0.15) is 12.6 Å². The molecule has 0 N–H and O–H groups in total. The van der Waals surface area contributed by atoms with E-state index in [9.17, 15) is 0 Å². The summed E-state index contributed by atoms with van der Waals surface area (Å²) in [4.78, 5) is 11.0. The fraction of sp³-hybridized carbons (Fsp3) is 0.231. The summed E-state index contributed by atoms with van der Waals surface area (Å²) in [6, 6.07) is 11.9. The fourth-order valence-electron chi connectivity index (χ4n) is 1.62. The average Bonchev–Trinajstić information content (AvgIpc) is 2.37. The van der Waals surface area contributed by atoms with E-state index in [0.29, 0.717) is 0 Å². The van der Waals surface area contributed by atoms with Gasteiger partial charge in [-0.2, -0.15) is 0 Å². The molecule has 0 saturated carbocycles. The van der Waals surface area contributed by atoms with Crippen molar-refractivity contribution in [1.82, 2.24) is 9.97 Å². The SMILES string of the molecule is CCN(Cc1ccccn1)c1cccc(Br)n1. The highest BCUT2D eigenvalue weighted by Crippen LogP contribution is 2.16. The van der Waals surface area contributed by atoms with Crippen molar-refractivity contribution >= 4 is 21.7 Å². The zero-order valence-electron chi connectivity index (χ0n) is 9.68. The molecule has 2 aromatic rings. The van der Waals surface area contributed by atoms with Gasteiger partial charge in [0.25, 0.3) is 0 Å². The van der Waals surface area contributed by atoms with E-state index in [1.54, 1.807) is 0 Å². The van der Waals surface area contributed by atoms with Crippen molar-refractivity contribution in [1.29, 1.82) is 0 Å². The smallest absolute Gasteiger partial charge is 0.130 e. The topological polar surface area (TPSA) is 29.0 Å². The highest BCUT2D eigenvalue weighted by molar-refractivity contribution is 9.10. The van der Waals surface area contributed by atoms with Crippen molar-refractivity contribution in [2.75, 3.05) is 11.4 Å². The van der Waals surface area contributed by atoms with Crippen molar-refractivity contribution in [2.45, 2.75) is 13.5 Å². The molecule has 0 bridgehead atoms. The van der Waals surface area contributed by atoms with E-state index in [0.717, 1.165) is 29.2 Å². The Morgan fingerprint density at radius 1 is 1.18 bits per heavy atom. The summed E-state index contributed by atoms with van der Waals surface area (Å²) >= 11 is 3.39. The predicted octanol–water partition coefficient (Wildman–Crippen LogP) is 3.27. The van der Waals surface area contributed by atoms with Crippen LogP contribution < -0.4 is 4.90 Å². The second-order valence-electron chi connectivity index (χ2n) is 3.65. The third-order valence-electron chi connectivity index (χ3n) is 2.49. The van der Waals surface area contributed by atoms with Crippen LogP contribution in [0.15, 0.2) is 47.2 Å². The normalized spacial score (nSPS) is 10.2. The van der Waals surface area contributed by atoms with Crippen LogP contribution in [0.5, 0.6) is 0 Å². The van der Waals surface area contributed by atoms with Gasteiger partial charge in [-0.1, -0.05) is 12.1 Å². The maximum Gasteiger partial charge on any atom is 0.130 e. The molecule has 17 heavy (non-hydrogen) atoms. The Kier molecular flexibility index (Phi) is 4.09. The Morgan fingerprint density at radius 2 is 2.06 bits per heavy atom. The molecule has 2 aromatic heterocycles. The Bertz CT molecular complexity index is 473. The summed E-state index contributed by atoms with van der Waals surface area (Å²) in [5.74, 6) is 0.965. The van der Waals surface area contributed by atoms with Crippen LogP contribution in [-0.4, -0.2) is 16.5 Å². The molecule has 0 aromatic carbocycles. The third-order valence-corrected chi connectivity index (χ3v) is 2.93. The van der Waals surface area contributed by atoms with Crippen molar-refractivity contribution in [3.05, 3.63) is 52.9 Å². The molecule has 0 saturated heterocycles. The number of nitrogens with zero attached hydrogens (tertiary/aromatic N) is 3. The summed E-state index contributed by atoms with van der Waals surface area (Å²) < 4.78 is 0.856. The Hall–Kier alpha value is -1.42. The molecule has 0 aliphatic carbocycles. The van der Waals surface area contributed by atoms with Crippen LogP contribution in [0.4, 0.5) is 5.82 Å². The maximum absolute atomic E-state index is 4.46. The lowest BCUT2D eigenvalue weighted by molar-refractivity contribution is 0.792. The second-order valence-corrected chi connectivity index (χ2v) is 4.47. The number of hydrogen-bond donors (Lipinski definition) is 0. The number of anilines is 1. The lowest BCUT2D eigenvalue weighted by Crippen LogP contribution is -2.23. The second kappa shape index (κ2) is 5.77. The van der Waals surface area contributed by atoms with Crippen molar-refractivity contribution in [3.8, 4) is 0 Å². The van der Waals surface area contributed by atoms with Gasteiger partial charge in [0.1, 0.15) is 10.4 Å². The van der Waals surface area contributed by atoms with Crippen LogP contribution in [-0.2, 0) is 6.54 Å². The monoisotopic (exact) mass is 291 g/mol. The lowest BCUT2D eigenvalue weighted by atomic mass is 10.3. The van der Waals surface area contributed by atoms with Gasteiger partial charge in [0.05, 0.1) is 12.2 Å². The minimum atomic E-state index is 0.779. The van der Waals surface area contributed by atoms with Crippen LogP contribution in [0.2, 0.25) is 0 Å². The third kappa shape index (κ3) is 3.27. The molecular weight excluding hydrogens is 278 g/mol. The quantitative estimate of drug-likeness (QED) is 0.810. The molecule has 2 heterocycles. The first-order valence-corrected chi connectivity index (χ1v) is 6.36. The van der Waals surface area contributed by atoms with E-state index >= 15 is 0 Å². The first kappa shape index (κ1) is 12.0. The molecule has 0 unspecified atom stereocenters. The van der Waals surface area contributed by atoms with Gasteiger partial charge in [0.2, 0.25) is 0 Å². The molecule has 0 fully saturated rings. The molecule has 2 rings (SSSR count). The summed E-state index contributed by atoms with van der Waals surface area (Å²) in [6.07, 6.45) is 1.82. The van der Waals surface area contributed by atoms with Gasteiger partial charge < -0.3 is 4.90 Å². The Morgan fingerprint density at radius 3 is 2.71 bits per heavy atom. The molecule has 0 atom stereocenters. The molecule has 4 heteroatoms. The van der Waals surface area contributed by atoms with Gasteiger partial charge in [-0.15, -0.1) is 0 Å². The lowest BCUT2D eigenvalue weighted by Gasteiger charge is -2.21. The van der Waals surface area contributed by atoms with E-state index in [-0.39, 0.29) is 0 Å². The van der Waals surface area contributed by atoms with E-state index in [1.807, 2.05) is 42.6 Å². The first-order valence-electron chi connectivity index (χ1n) is 5.57. The summed E-state index contributed by atoms with van der Waals surface area (Å²) in [6.45, 7) is 3.80. The largest absolute Gasteiger partial charge is 0.351 e. The van der Waals surface area contributed by atoms with Crippen molar-refractivity contribution in [3.63, 3.8) is 0 Å². The van der Waals surface area contributed by atoms with Gasteiger partial charge >= 0.3 is 0 Å². The summed E-state index contributed by atoms with van der Waals surface area (Å²) in [7, 11) is 0. The standard InChI is InChI=1S/C13H14BrN3/c1-2-17(10-11-6-3-4-9-15-11)13-8-5-7-12(14)16-13/h3-9H,2,10H2,1H3. The van der Waals surface area contributed by atoms with Crippen LogP contribution in [0.25, 0.3) is 0 Å². The molecule has 0 amide bonds. The number of pyridine rings is 2. The van der Waals surface area contributed by atoms with Crippen molar-refractivity contribution in [2.24, 2.45) is 0 Å². The van der Waals surface area contributed by atoms with E-state index in [4.69, 9.17) is 0 Å². The number of halogens is 1. The Balaban J connectivity index is 2.17. The summed E-state index contributed by atoms with van der Waals surface area (Å²) in [5.41, 5.74) is 1.05. The highest BCUT2D eigenvalue weighted by atomic mass is 79.9. The van der Waals surface area contributed by atoms with E-state index in [1.165, 1.54) is 0 Å². The highest BCUT2D eigenvalue weighted by Gasteiger charge is 2.07. The van der Waals surface area contributed by atoms with E-state index < -0.39 is 0 Å². The number of aromatic nitrogens is 2. The molecule has 0 spiro atoms. The Labute approximate surface area is 110 Å². The van der Waals surface area contributed by atoms with E-state index in [2.05, 4.69) is 37.7 Å². The molecule has 0 aliphatic rings. The average molecular weight is 292 g/mol. The van der Waals surface area contributed by atoms with Gasteiger partial charge in [0, 0.05) is 12.7 Å².